The van der Waals surface area contributed by atoms with Gasteiger partial charge in [0, 0.05) is 34.3 Å². The first-order valence-electron chi connectivity index (χ1n) is 11.0. The maximum atomic E-state index is 12.9. The van der Waals surface area contributed by atoms with Gasteiger partial charge in [-0.3, -0.25) is 4.79 Å². The number of carbonyl (C=O) groups is 1. The number of aromatic amines is 1. The van der Waals surface area contributed by atoms with Crippen molar-refractivity contribution in [2.45, 2.75) is 19.8 Å². The number of rotatable bonds is 7. The lowest BCUT2D eigenvalue weighted by Gasteiger charge is -2.10. The van der Waals surface area contributed by atoms with E-state index in [1.807, 2.05) is 61.5 Å². The number of carbonyl (C=O) groups excluding carboxylic acids is 1. The first kappa shape index (κ1) is 21.5. The molecule has 1 amide bonds. The quantitative estimate of drug-likeness (QED) is 0.327. The van der Waals surface area contributed by atoms with Gasteiger partial charge in [0.2, 0.25) is 18.2 Å². The molecule has 0 spiro atoms. The fraction of sp³-hybridized carbons (Fsp3) is 0.148. The number of anilines is 1. The number of aryl methyl sites for hydroxylation is 2. The van der Waals surface area contributed by atoms with Crippen LogP contribution in [0.25, 0.3) is 33.6 Å². The van der Waals surface area contributed by atoms with Gasteiger partial charge >= 0.3 is 0 Å². The first-order chi connectivity index (χ1) is 16.6. The van der Waals surface area contributed by atoms with Crippen molar-refractivity contribution in [3.05, 3.63) is 84.3 Å². The van der Waals surface area contributed by atoms with Gasteiger partial charge in [-0.1, -0.05) is 24.3 Å². The number of hydrogen-bond donors (Lipinski definition) is 2. The van der Waals surface area contributed by atoms with Crippen LogP contribution >= 0.6 is 0 Å². The topological polar surface area (TPSA) is 93.0 Å². The molecule has 0 saturated carbocycles. The number of para-hydroxylation sites is 1. The van der Waals surface area contributed by atoms with Gasteiger partial charge in [0.05, 0.1) is 7.11 Å². The van der Waals surface area contributed by atoms with Gasteiger partial charge in [0.25, 0.3) is 0 Å². The fourth-order valence-electron chi connectivity index (χ4n) is 4.10. The minimum absolute atomic E-state index is 0.0586. The van der Waals surface area contributed by atoms with Crippen LogP contribution in [0.2, 0.25) is 0 Å². The molecular weight excluding hydrogens is 428 g/mol. The molecule has 2 heterocycles. The van der Waals surface area contributed by atoms with Crippen LogP contribution in [0.1, 0.15) is 17.5 Å². The summed E-state index contributed by atoms with van der Waals surface area (Å²) in [5, 5.41) is 11.8. The molecule has 0 atom stereocenters. The number of fused-ring (bicyclic) bond motifs is 1. The summed E-state index contributed by atoms with van der Waals surface area (Å²) in [4.78, 5) is 16.5. The average molecular weight is 453 g/mol. The second-order valence-corrected chi connectivity index (χ2v) is 8.07. The van der Waals surface area contributed by atoms with Crippen LogP contribution in [0.4, 0.5) is 5.69 Å². The summed E-state index contributed by atoms with van der Waals surface area (Å²) in [5.74, 6) is 1.16. The second-order valence-electron chi connectivity index (χ2n) is 8.07. The molecule has 2 aromatic heterocycles. The molecule has 34 heavy (non-hydrogen) atoms. The van der Waals surface area contributed by atoms with E-state index in [9.17, 15) is 4.79 Å². The van der Waals surface area contributed by atoms with Gasteiger partial charge in [-0.2, -0.15) is 0 Å². The Bertz CT molecular complexity index is 1440. The summed E-state index contributed by atoms with van der Waals surface area (Å²) in [6.07, 6.45) is 2.23. The van der Waals surface area contributed by atoms with Gasteiger partial charge in [-0.25, -0.2) is 0 Å². The third-order valence-electron chi connectivity index (χ3n) is 5.91. The third-order valence-corrected chi connectivity index (χ3v) is 5.91. The highest BCUT2D eigenvalue weighted by atomic mass is 16.5. The van der Waals surface area contributed by atoms with Crippen LogP contribution in [-0.2, 0) is 11.2 Å². The Labute approximate surface area is 196 Å². The minimum Gasteiger partial charge on any atom is -0.497 e. The fourth-order valence-corrected chi connectivity index (χ4v) is 4.10. The Hall–Kier alpha value is -4.39. The molecule has 0 radical (unpaired) electrons. The number of nitrogens with one attached hydrogen (secondary N) is 2. The molecule has 0 aliphatic heterocycles. The lowest BCUT2D eigenvalue weighted by atomic mass is 10.0. The van der Waals surface area contributed by atoms with Crippen molar-refractivity contribution in [2.75, 3.05) is 12.4 Å². The SMILES string of the molecule is COc1ccc(-c2[nH]c3ccccc3c2CCC(=O)Nc2cc(-c3nnco3)ccc2C)cc1. The first-order valence-corrected chi connectivity index (χ1v) is 11.0. The largest absolute Gasteiger partial charge is 0.497 e. The van der Waals surface area contributed by atoms with Crippen LogP contribution in [-0.4, -0.2) is 28.2 Å². The summed E-state index contributed by atoms with van der Waals surface area (Å²) >= 11 is 0. The number of hydrogen-bond acceptors (Lipinski definition) is 5. The number of ether oxygens (including phenoxy) is 1. The third kappa shape index (κ3) is 4.28. The number of benzene rings is 3. The van der Waals surface area contributed by atoms with Crippen molar-refractivity contribution < 1.29 is 13.9 Å². The van der Waals surface area contributed by atoms with Crippen molar-refractivity contribution in [1.29, 1.82) is 0 Å². The zero-order valence-corrected chi connectivity index (χ0v) is 19.0. The summed E-state index contributed by atoms with van der Waals surface area (Å²) < 4.78 is 10.6. The van der Waals surface area contributed by atoms with E-state index < -0.39 is 0 Å². The van der Waals surface area contributed by atoms with E-state index in [1.165, 1.54) is 6.39 Å². The molecule has 3 aromatic carbocycles. The van der Waals surface area contributed by atoms with E-state index in [4.69, 9.17) is 9.15 Å². The Morgan fingerprint density at radius 1 is 1.06 bits per heavy atom. The van der Waals surface area contributed by atoms with Crippen LogP contribution in [0.5, 0.6) is 5.75 Å². The van der Waals surface area contributed by atoms with E-state index in [0.717, 1.165) is 50.3 Å². The van der Waals surface area contributed by atoms with Crippen LogP contribution in [0.15, 0.2) is 77.5 Å². The predicted molar refractivity (Wildman–Crippen MR) is 132 cm³/mol. The molecule has 0 saturated heterocycles. The van der Waals surface area contributed by atoms with Crippen LogP contribution in [0, 0.1) is 6.92 Å². The maximum absolute atomic E-state index is 12.9. The lowest BCUT2D eigenvalue weighted by molar-refractivity contribution is -0.116. The number of methoxy groups -OCH3 is 1. The van der Waals surface area contributed by atoms with E-state index >= 15 is 0 Å². The summed E-state index contributed by atoms with van der Waals surface area (Å²) in [6, 6.07) is 21.8. The van der Waals surface area contributed by atoms with Crippen molar-refractivity contribution in [1.82, 2.24) is 15.2 Å². The molecule has 7 heteroatoms. The van der Waals surface area contributed by atoms with E-state index in [1.54, 1.807) is 7.11 Å². The molecular formula is C27H24N4O3. The highest BCUT2D eigenvalue weighted by Gasteiger charge is 2.16. The van der Waals surface area contributed by atoms with Gasteiger partial charge in [-0.05, 0) is 72.5 Å². The van der Waals surface area contributed by atoms with Crippen LogP contribution in [0.3, 0.4) is 0 Å². The van der Waals surface area contributed by atoms with E-state index in [0.29, 0.717) is 18.7 Å². The zero-order chi connectivity index (χ0) is 23.5. The minimum atomic E-state index is -0.0586. The van der Waals surface area contributed by atoms with Gasteiger partial charge in [-0.15, -0.1) is 10.2 Å². The summed E-state index contributed by atoms with van der Waals surface area (Å²) in [7, 11) is 1.65. The number of H-pyrrole nitrogens is 1. The molecule has 170 valence electrons. The standard InChI is InChI=1S/C27H24N4O3/c1-17-7-8-19(27-31-28-16-34-27)15-24(17)29-25(32)14-13-22-21-5-3-4-6-23(21)30-26(22)18-9-11-20(33-2)12-10-18/h3-12,15-16,30H,13-14H2,1-2H3,(H,29,32). The molecule has 0 aliphatic carbocycles. The molecule has 2 N–H and O–H groups in total. The molecule has 0 bridgehead atoms. The Balaban J connectivity index is 1.38. The molecule has 0 unspecified atom stereocenters. The molecule has 5 aromatic rings. The maximum Gasteiger partial charge on any atom is 0.247 e. The Kier molecular flexibility index (Phi) is 5.82. The summed E-state index contributed by atoms with van der Waals surface area (Å²) in [6.45, 7) is 1.95. The van der Waals surface area contributed by atoms with Crippen molar-refractivity contribution in [3.63, 3.8) is 0 Å². The normalized spacial score (nSPS) is 11.0. The van der Waals surface area contributed by atoms with E-state index in [-0.39, 0.29) is 5.91 Å². The zero-order valence-electron chi connectivity index (χ0n) is 19.0. The Morgan fingerprint density at radius 2 is 1.85 bits per heavy atom. The van der Waals surface area contributed by atoms with Gasteiger partial charge < -0.3 is 19.5 Å². The lowest BCUT2D eigenvalue weighted by Crippen LogP contribution is -2.13. The number of amides is 1. The van der Waals surface area contributed by atoms with Crippen molar-refractivity contribution in [3.8, 4) is 28.5 Å². The number of nitrogens with zero attached hydrogens (tertiary/aromatic N) is 2. The monoisotopic (exact) mass is 452 g/mol. The highest BCUT2D eigenvalue weighted by molar-refractivity contribution is 5.94. The second kappa shape index (κ2) is 9.23. The molecule has 0 fully saturated rings. The summed E-state index contributed by atoms with van der Waals surface area (Å²) in [5.41, 5.74) is 6.69. The average Bonchev–Trinajstić information content (AvgIpc) is 3.53. The number of aromatic nitrogens is 3. The van der Waals surface area contributed by atoms with Gasteiger partial charge in [0.1, 0.15) is 5.75 Å². The molecule has 5 rings (SSSR count). The van der Waals surface area contributed by atoms with E-state index in [2.05, 4.69) is 32.6 Å². The Morgan fingerprint density at radius 3 is 2.62 bits per heavy atom. The van der Waals surface area contributed by atoms with Crippen molar-refractivity contribution >= 4 is 22.5 Å². The van der Waals surface area contributed by atoms with Gasteiger partial charge in [0.15, 0.2) is 0 Å². The molecule has 7 nitrogen and oxygen atoms in total. The van der Waals surface area contributed by atoms with Crippen molar-refractivity contribution in [2.24, 2.45) is 0 Å². The predicted octanol–water partition coefficient (Wildman–Crippen LogP) is 5.77. The smallest absolute Gasteiger partial charge is 0.247 e. The highest BCUT2D eigenvalue weighted by Crippen LogP contribution is 2.32. The molecule has 0 aliphatic rings. The van der Waals surface area contributed by atoms with Crippen LogP contribution < -0.4 is 10.1 Å².